The van der Waals surface area contributed by atoms with Crippen molar-refractivity contribution < 1.29 is 27.5 Å². The molecule has 6 nitrogen and oxygen atoms in total. The first kappa shape index (κ1) is 21.2. The predicted octanol–water partition coefficient (Wildman–Crippen LogP) is 2.98. The van der Waals surface area contributed by atoms with Crippen LogP contribution in [-0.4, -0.2) is 29.9 Å². The zero-order valence-corrected chi connectivity index (χ0v) is 15.2. The zero-order valence-electron chi connectivity index (χ0n) is 14.4. The molecule has 0 aliphatic rings. The summed E-state index contributed by atoms with van der Waals surface area (Å²) in [4.78, 5) is 26.9. The second-order valence-electron chi connectivity index (χ2n) is 5.51. The van der Waals surface area contributed by atoms with Crippen LogP contribution in [0.4, 0.5) is 13.2 Å². The van der Waals surface area contributed by atoms with Gasteiger partial charge in [-0.1, -0.05) is 18.2 Å². The summed E-state index contributed by atoms with van der Waals surface area (Å²) in [6.45, 7) is 3.25. The van der Waals surface area contributed by atoms with Gasteiger partial charge in [-0.3, -0.25) is 9.59 Å². The van der Waals surface area contributed by atoms with Crippen molar-refractivity contribution in [1.29, 1.82) is 0 Å². The molecule has 2 N–H and O–H groups in total. The highest BCUT2D eigenvalue weighted by Crippen LogP contribution is 2.20. The molecule has 2 aromatic rings. The Labute approximate surface area is 163 Å². The molecule has 1 heterocycles. The minimum Gasteiger partial charge on any atom is -0.484 e. The van der Waals surface area contributed by atoms with Gasteiger partial charge in [0.05, 0.1) is 11.2 Å². The average molecular weight is 414 g/mol. The summed E-state index contributed by atoms with van der Waals surface area (Å²) in [6.07, 6.45) is 0.875. The molecule has 2 rings (SSSR count). The van der Waals surface area contributed by atoms with Crippen molar-refractivity contribution in [3.8, 4) is 5.75 Å². The van der Waals surface area contributed by atoms with Gasteiger partial charge in [0.15, 0.2) is 18.1 Å². The van der Waals surface area contributed by atoms with Crippen molar-refractivity contribution in [2.75, 3.05) is 13.2 Å². The minimum atomic E-state index is -1.08. The van der Waals surface area contributed by atoms with Crippen LogP contribution in [0.3, 0.4) is 0 Å². The molecule has 0 fully saturated rings. The van der Waals surface area contributed by atoms with Crippen molar-refractivity contribution >= 4 is 23.4 Å². The van der Waals surface area contributed by atoms with Crippen molar-refractivity contribution in [3.05, 3.63) is 70.9 Å². The number of amides is 2. The van der Waals surface area contributed by atoms with Crippen LogP contribution in [0.2, 0.25) is 5.02 Å². The monoisotopic (exact) mass is 413 g/mol. The third kappa shape index (κ3) is 6.27. The highest BCUT2D eigenvalue weighted by Gasteiger charge is 2.14. The Morgan fingerprint density at radius 3 is 2.61 bits per heavy atom. The molecule has 0 bridgehead atoms. The van der Waals surface area contributed by atoms with Crippen molar-refractivity contribution in [3.63, 3.8) is 0 Å². The molecule has 0 aliphatic heterocycles. The van der Waals surface area contributed by atoms with E-state index in [9.17, 15) is 22.8 Å². The first-order valence-corrected chi connectivity index (χ1v) is 8.29. The molecule has 10 heteroatoms. The van der Waals surface area contributed by atoms with Gasteiger partial charge in [0.2, 0.25) is 0 Å². The summed E-state index contributed by atoms with van der Waals surface area (Å²) in [5.74, 6) is -3.90. The Kier molecular flexibility index (Phi) is 7.39. The van der Waals surface area contributed by atoms with Gasteiger partial charge in [0.25, 0.3) is 11.8 Å². The lowest BCUT2D eigenvalue weighted by molar-refractivity contribution is -0.122. The summed E-state index contributed by atoms with van der Waals surface area (Å²) >= 11 is 5.54. The third-order valence-corrected chi connectivity index (χ3v) is 3.62. The van der Waals surface area contributed by atoms with Crippen LogP contribution in [0.15, 0.2) is 42.7 Å². The normalized spacial score (nSPS) is 10.3. The number of ether oxygens (including phenoxy) is 1. The molecule has 148 valence electrons. The fourth-order valence-corrected chi connectivity index (χ4v) is 2.12. The first-order chi connectivity index (χ1) is 13.3. The lowest BCUT2D eigenvalue weighted by Gasteiger charge is -2.10. The third-order valence-electron chi connectivity index (χ3n) is 3.31. The summed E-state index contributed by atoms with van der Waals surface area (Å²) < 4.78 is 44.6. The number of rotatable bonds is 8. The maximum atomic E-state index is 13.4. The Bertz CT molecular complexity index is 909. The lowest BCUT2D eigenvalue weighted by atomic mass is 10.3. The molecular weight excluding hydrogens is 399 g/mol. The molecule has 0 radical (unpaired) electrons. The quantitative estimate of drug-likeness (QED) is 0.697. The van der Waals surface area contributed by atoms with Gasteiger partial charge < -0.3 is 15.4 Å². The number of nitrogens with zero attached hydrogens (tertiary/aromatic N) is 1. The second kappa shape index (κ2) is 9.75. The van der Waals surface area contributed by atoms with Crippen LogP contribution in [0.1, 0.15) is 16.9 Å². The van der Waals surface area contributed by atoms with Gasteiger partial charge in [-0.25, -0.2) is 18.2 Å². The van der Waals surface area contributed by atoms with Gasteiger partial charge in [-0.2, -0.15) is 0 Å². The summed E-state index contributed by atoms with van der Waals surface area (Å²) in [5.41, 5.74) is -0.275. The number of pyridine rings is 1. The second-order valence-corrected chi connectivity index (χ2v) is 5.91. The van der Waals surface area contributed by atoms with E-state index in [1.54, 1.807) is 0 Å². The molecule has 1 aromatic heterocycles. The summed E-state index contributed by atoms with van der Waals surface area (Å²) in [6, 6.07) is 4.30. The topological polar surface area (TPSA) is 80.3 Å². The molecule has 0 saturated carbocycles. The maximum Gasteiger partial charge on any atom is 0.272 e. The molecule has 0 saturated heterocycles. The van der Waals surface area contributed by atoms with E-state index >= 15 is 0 Å². The Morgan fingerprint density at radius 1 is 1.18 bits per heavy atom. The Balaban J connectivity index is 1.72. The first-order valence-electron chi connectivity index (χ1n) is 7.91. The number of carbonyl (C=O) groups excluding carboxylic acids is 2. The van der Waals surface area contributed by atoms with Crippen molar-refractivity contribution in [2.24, 2.45) is 0 Å². The fraction of sp³-hybridized carbons (Fsp3) is 0.167. The van der Waals surface area contributed by atoms with Crippen molar-refractivity contribution in [2.45, 2.75) is 6.42 Å². The number of halogens is 4. The molecule has 0 spiro atoms. The number of benzene rings is 1. The van der Waals surface area contributed by atoms with Gasteiger partial charge in [0.1, 0.15) is 17.4 Å². The zero-order chi connectivity index (χ0) is 20.7. The molecule has 0 aliphatic carbocycles. The fourth-order valence-electron chi connectivity index (χ4n) is 2.00. The minimum absolute atomic E-state index is 0.0275. The van der Waals surface area contributed by atoms with Crippen LogP contribution < -0.4 is 15.4 Å². The number of nitrogens with one attached hydrogen (secondary N) is 2. The van der Waals surface area contributed by atoms with Gasteiger partial charge in [-0.15, -0.1) is 0 Å². The molecule has 0 unspecified atom stereocenters. The van der Waals surface area contributed by atoms with E-state index in [1.165, 1.54) is 12.1 Å². The summed E-state index contributed by atoms with van der Waals surface area (Å²) in [5, 5.41) is 4.74. The van der Waals surface area contributed by atoms with E-state index in [0.29, 0.717) is 6.07 Å². The van der Waals surface area contributed by atoms with E-state index < -0.39 is 41.6 Å². The Morgan fingerprint density at radius 2 is 1.93 bits per heavy atom. The number of hydrogen-bond acceptors (Lipinski definition) is 4. The molecule has 2 amide bonds. The smallest absolute Gasteiger partial charge is 0.272 e. The van der Waals surface area contributed by atoms with Gasteiger partial charge in [0, 0.05) is 30.8 Å². The standard InChI is InChI=1S/C18H15ClF3N3O3/c1-10(4-5-23-18(27)17-15(22)6-11(20)8-24-17)25-16(26)9-28-12-2-3-13(19)14(21)7-12/h2-3,6-8H,1,4-5,9H2,(H,23,27)(H,25,26). The van der Waals surface area contributed by atoms with Crippen LogP contribution in [0, 0.1) is 17.5 Å². The van der Waals surface area contributed by atoms with E-state index in [0.717, 1.165) is 12.3 Å². The van der Waals surface area contributed by atoms with Gasteiger partial charge >= 0.3 is 0 Å². The number of hydrogen-bond donors (Lipinski definition) is 2. The van der Waals surface area contributed by atoms with Crippen molar-refractivity contribution in [1.82, 2.24) is 15.6 Å². The van der Waals surface area contributed by atoms with E-state index in [1.807, 2.05) is 0 Å². The average Bonchev–Trinajstić information content (AvgIpc) is 2.62. The number of aromatic nitrogens is 1. The van der Waals surface area contributed by atoms with E-state index in [4.69, 9.17) is 16.3 Å². The molecule has 28 heavy (non-hydrogen) atoms. The Hall–Kier alpha value is -3.07. The van der Waals surface area contributed by atoms with Gasteiger partial charge in [-0.05, 0) is 12.1 Å². The predicted molar refractivity (Wildman–Crippen MR) is 95.3 cm³/mol. The molecule has 1 aromatic carbocycles. The highest BCUT2D eigenvalue weighted by atomic mass is 35.5. The van der Waals surface area contributed by atoms with Crippen LogP contribution in [0.25, 0.3) is 0 Å². The number of carbonyl (C=O) groups is 2. The maximum absolute atomic E-state index is 13.4. The summed E-state index contributed by atoms with van der Waals surface area (Å²) in [7, 11) is 0. The van der Waals surface area contributed by atoms with Crippen LogP contribution >= 0.6 is 11.6 Å². The van der Waals surface area contributed by atoms with Crippen LogP contribution in [-0.2, 0) is 4.79 Å². The largest absolute Gasteiger partial charge is 0.484 e. The lowest BCUT2D eigenvalue weighted by Crippen LogP contribution is -2.31. The van der Waals surface area contributed by atoms with Crippen LogP contribution in [0.5, 0.6) is 5.75 Å². The molecule has 0 atom stereocenters. The SMILES string of the molecule is C=C(CCNC(=O)c1ncc(F)cc1F)NC(=O)COc1ccc(Cl)c(F)c1. The van der Waals surface area contributed by atoms with E-state index in [2.05, 4.69) is 22.2 Å². The highest BCUT2D eigenvalue weighted by molar-refractivity contribution is 6.30. The van der Waals surface area contributed by atoms with E-state index in [-0.39, 0.29) is 29.4 Å². The molecular formula is C18H15ClF3N3O3.